The van der Waals surface area contributed by atoms with Gasteiger partial charge in [0.25, 0.3) is 0 Å². The number of phosphoric ester groups is 1. The molecule has 0 rings (SSSR count). The Balaban J connectivity index is 4.85. The third kappa shape index (κ3) is 49.4. The van der Waals surface area contributed by atoms with E-state index >= 15 is 0 Å². The maximum atomic E-state index is 12.9. The summed E-state index contributed by atoms with van der Waals surface area (Å²) in [6.45, 7) is 4.30. The Morgan fingerprint density at radius 3 is 1.20 bits per heavy atom. The predicted molar refractivity (Wildman–Crippen MR) is 288 cm³/mol. The SMILES string of the molecule is CC/C=C\C/C=C\C/C=C\C/C=C\CCCCC(=O)OC(COC(=O)CCCCCCC/C=C\CCCCCCCC)COP(=O)(O)OCC(CO)OC(=O)CCCCC/C=C\C/C=C\C/C=C\CC. The lowest BCUT2D eigenvalue weighted by molar-refractivity contribution is -0.161. The summed E-state index contributed by atoms with van der Waals surface area (Å²) >= 11 is 0. The molecule has 2 N–H and O–H groups in total. The van der Waals surface area contributed by atoms with Crippen LogP contribution in [0.15, 0.2) is 97.2 Å². The number of unbranched alkanes of at least 4 members (excludes halogenated alkanes) is 16. The van der Waals surface area contributed by atoms with Crippen molar-refractivity contribution in [1.82, 2.24) is 0 Å². The number of hydrogen-bond donors (Lipinski definition) is 2. The molecule has 0 spiro atoms. The van der Waals surface area contributed by atoms with Gasteiger partial charge in [0, 0.05) is 19.3 Å². The molecule has 0 aliphatic rings. The molecule has 0 aliphatic carbocycles. The highest BCUT2D eigenvalue weighted by molar-refractivity contribution is 7.47. The van der Waals surface area contributed by atoms with E-state index in [9.17, 15) is 28.9 Å². The van der Waals surface area contributed by atoms with Gasteiger partial charge in [-0.1, -0.05) is 176 Å². The van der Waals surface area contributed by atoms with E-state index in [2.05, 4.69) is 118 Å². The number of carbonyl (C=O) groups excluding carboxylic acids is 3. The van der Waals surface area contributed by atoms with Gasteiger partial charge in [-0.15, -0.1) is 0 Å². The van der Waals surface area contributed by atoms with Crippen LogP contribution in [0.5, 0.6) is 0 Å². The van der Waals surface area contributed by atoms with Crippen molar-refractivity contribution in [2.45, 2.75) is 226 Å². The van der Waals surface area contributed by atoms with Crippen LogP contribution >= 0.6 is 7.82 Å². The molecule has 0 bridgehead atoms. The lowest BCUT2D eigenvalue weighted by Crippen LogP contribution is -2.30. The molecule has 0 fully saturated rings. The molecular formula is C58H97O11P. The number of ether oxygens (including phenoxy) is 3. The Kier molecular flexibility index (Phi) is 49.1. The normalized spacial score (nSPS) is 14.2. The van der Waals surface area contributed by atoms with Crippen molar-refractivity contribution < 1.29 is 52.2 Å². The zero-order chi connectivity index (χ0) is 51.3. The van der Waals surface area contributed by atoms with Crippen LogP contribution in [0.3, 0.4) is 0 Å². The van der Waals surface area contributed by atoms with Crippen molar-refractivity contribution in [1.29, 1.82) is 0 Å². The fraction of sp³-hybridized carbons (Fsp3) is 0.672. The van der Waals surface area contributed by atoms with Crippen LogP contribution in [0.1, 0.15) is 213 Å². The first-order chi connectivity index (χ1) is 34.2. The van der Waals surface area contributed by atoms with E-state index < -0.39 is 57.8 Å². The summed E-state index contributed by atoms with van der Waals surface area (Å²) in [6, 6.07) is 0. The monoisotopic (exact) mass is 1000 g/mol. The van der Waals surface area contributed by atoms with Crippen molar-refractivity contribution in [2.75, 3.05) is 26.4 Å². The maximum Gasteiger partial charge on any atom is 0.472 e. The largest absolute Gasteiger partial charge is 0.472 e. The van der Waals surface area contributed by atoms with Crippen molar-refractivity contribution in [3.05, 3.63) is 97.2 Å². The van der Waals surface area contributed by atoms with Gasteiger partial charge >= 0.3 is 25.7 Å². The maximum absolute atomic E-state index is 12.9. The van der Waals surface area contributed by atoms with Crippen LogP contribution in [0, 0.1) is 0 Å². The number of rotatable bonds is 49. The van der Waals surface area contributed by atoms with Crippen LogP contribution in [0.4, 0.5) is 0 Å². The van der Waals surface area contributed by atoms with Gasteiger partial charge in [0.05, 0.1) is 19.8 Å². The van der Waals surface area contributed by atoms with Gasteiger partial charge in [-0.3, -0.25) is 23.4 Å². The molecule has 0 aliphatic heterocycles. The van der Waals surface area contributed by atoms with E-state index in [1.807, 2.05) is 0 Å². The average Bonchev–Trinajstić information content (AvgIpc) is 3.35. The third-order valence-electron chi connectivity index (χ3n) is 11.0. The highest BCUT2D eigenvalue weighted by Gasteiger charge is 2.28. The molecule has 3 unspecified atom stereocenters. The molecular weight excluding hydrogens is 904 g/mol. The predicted octanol–water partition coefficient (Wildman–Crippen LogP) is 15.7. The minimum Gasteiger partial charge on any atom is -0.462 e. The molecule has 400 valence electrons. The zero-order valence-corrected chi connectivity index (χ0v) is 44.8. The summed E-state index contributed by atoms with van der Waals surface area (Å²) in [5.74, 6) is -1.56. The first-order valence-electron chi connectivity index (χ1n) is 27.1. The third-order valence-corrected chi connectivity index (χ3v) is 11.9. The topological polar surface area (TPSA) is 155 Å². The van der Waals surface area contributed by atoms with Gasteiger partial charge in [-0.05, 0) is 116 Å². The molecule has 0 amide bonds. The number of hydrogen-bond acceptors (Lipinski definition) is 10. The van der Waals surface area contributed by atoms with Gasteiger partial charge in [0.1, 0.15) is 12.7 Å². The average molecular weight is 1000 g/mol. The standard InChI is InChI=1S/C58H97O11P/c1-4-7-10-13-16-19-22-25-27-30-32-35-38-41-44-47-56(60)65-51-55(69-58(62)49-46-43-40-37-34-31-28-26-23-20-17-14-11-8-5-2)53-67-70(63,64)66-52-54(50-59)68-57(61)48-45-42-39-36-33-29-24-21-18-15-12-9-6-3/h8-9,11-12,17-18,20-21,25-29,33-34,37,54-55,59H,4-7,10,13-16,19,22-24,30-32,35-36,38-53H2,1-3H3,(H,63,64)/b11-8-,12-9-,20-17-,21-18-,27-25-,28-26-,33-29-,37-34-. The summed E-state index contributed by atoms with van der Waals surface area (Å²) in [4.78, 5) is 48.4. The number of aliphatic hydroxyl groups is 1. The van der Waals surface area contributed by atoms with Crippen LogP contribution in [-0.2, 0) is 42.2 Å². The summed E-state index contributed by atoms with van der Waals surface area (Å²) in [5.41, 5.74) is 0. The first-order valence-corrected chi connectivity index (χ1v) is 28.6. The van der Waals surface area contributed by atoms with E-state index in [4.69, 9.17) is 23.3 Å². The van der Waals surface area contributed by atoms with E-state index in [1.165, 1.54) is 38.5 Å². The van der Waals surface area contributed by atoms with Crippen molar-refractivity contribution in [2.24, 2.45) is 0 Å². The molecule has 0 saturated heterocycles. The van der Waals surface area contributed by atoms with Gasteiger partial charge in [0.15, 0.2) is 6.10 Å². The molecule has 12 heteroatoms. The second kappa shape index (κ2) is 51.7. The van der Waals surface area contributed by atoms with Gasteiger partial charge in [-0.2, -0.15) is 0 Å². The second-order valence-electron chi connectivity index (χ2n) is 17.6. The van der Waals surface area contributed by atoms with E-state index in [-0.39, 0.29) is 25.9 Å². The van der Waals surface area contributed by atoms with E-state index in [0.717, 1.165) is 116 Å². The Morgan fingerprint density at radius 2 is 0.743 bits per heavy atom. The number of esters is 3. The highest BCUT2D eigenvalue weighted by Crippen LogP contribution is 2.43. The van der Waals surface area contributed by atoms with Crippen molar-refractivity contribution in [3.8, 4) is 0 Å². The van der Waals surface area contributed by atoms with E-state index in [1.54, 1.807) is 0 Å². The van der Waals surface area contributed by atoms with Crippen LogP contribution in [-0.4, -0.2) is 66.5 Å². The molecule has 0 aromatic rings. The van der Waals surface area contributed by atoms with Crippen LogP contribution in [0.2, 0.25) is 0 Å². The number of aliphatic hydroxyl groups excluding tert-OH is 1. The van der Waals surface area contributed by atoms with Gasteiger partial charge in [0.2, 0.25) is 0 Å². The van der Waals surface area contributed by atoms with E-state index in [0.29, 0.717) is 19.3 Å². The molecule has 0 aromatic heterocycles. The minimum atomic E-state index is -4.77. The second-order valence-corrected chi connectivity index (χ2v) is 19.1. The molecule has 70 heavy (non-hydrogen) atoms. The zero-order valence-electron chi connectivity index (χ0n) is 43.9. The fourth-order valence-corrected chi connectivity index (χ4v) is 7.67. The lowest BCUT2D eigenvalue weighted by Gasteiger charge is -2.21. The molecule has 0 aromatic carbocycles. The van der Waals surface area contributed by atoms with Gasteiger partial charge in [-0.25, -0.2) is 4.57 Å². The summed E-state index contributed by atoms with van der Waals surface area (Å²) in [5, 5.41) is 9.78. The first kappa shape index (κ1) is 66.4. The smallest absolute Gasteiger partial charge is 0.462 e. The summed E-state index contributed by atoms with van der Waals surface area (Å²) < 4.78 is 39.3. The quantitative estimate of drug-likeness (QED) is 0.0197. The Labute approximate surface area is 425 Å². The Hall–Kier alpha value is -3.60. The molecule has 0 saturated carbocycles. The Bertz CT molecular complexity index is 1540. The molecule has 0 heterocycles. The van der Waals surface area contributed by atoms with Crippen molar-refractivity contribution in [3.63, 3.8) is 0 Å². The number of carbonyl (C=O) groups is 3. The Morgan fingerprint density at radius 1 is 0.414 bits per heavy atom. The van der Waals surface area contributed by atoms with Crippen molar-refractivity contribution >= 4 is 25.7 Å². The lowest BCUT2D eigenvalue weighted by atomic mass is 10.1. The van der Waals surface area contributed by atoms with Gasteiger partial charge < -0.3 is 24.2 Å². The van der Waals surface area contributed by atoms with Crippen LogP contribution in [0.25, 0.3) is 0 Å². The molecule has 0 radical (unpaired) electrons. The number of phosphoric acid groups is 1. The number of allylic oxidation sites excluding steroid dienone is 16. The van der Waals surface area contributed by atoms with Crippen LogP contribution < -0.4 is 0 Å². The summed E-state index contributed by atoms with van der Waals surface area (Å²) in [6.07, 6.45) is 59.5. The molecule has 3 atom stereocenters. The molecule has 11 nitrogen and oxygen atoms in total. The fourth-order valence-electron chi connectivity index (χ4n) is 6.88. The highest BCUT2D eigenvalue weighted by atomic mass is 31.2. The minimum absolute atomic E-state index is 0.107. The summed E-state index contributed by atoms with van der Waals surface area (Å²) in [7, 11) is -4.77.